The number of carbonyl (C=O) groups excluding carboxylic acids is 2. The second kappa shape index (κ2) is 13.7. The Morgan fingerprint density at radius 3 is 2.75 bits per heavy atom. The van der Waals surface area contributed by atoms with Crippen molar-refractivity contribution in [2.75, 3.05) is 57.7 Å². The fourth-order valence-corrected chi connectivity index (χ4v) is 9.83. The minimum absolute atomic E-state index is 0. The van der Waals surface area contributed by atoms with Gasteiger partial charge in [0.2, 0.25) is 0 Å². The number of halogens is 1. The number of anilines is 1. The SMILES string of the molecule is COC1CN(C(=O)NS2(=O)=NC(=O)c3ccc4c(c3)N(C[C@@H]3CC[C@H]3[C@@H](OC)/C=C/CCC2)C[C@@]2(CCCc3cc(Cl)ccc32)CO4)C1.[HH]. The second-order valence-corrected chi connectivity index (χ2v) is 16.5. The van der Waals surface area contributed by atoms with E-state index in [2.05, 4.69) is 38.3 Å². The molecular formula is C36H47ClN4O6S. The number of aryl methyl sites for hydroxylation is 1. The Kier molecular flexibility index (Phi) is 9.49. The quantitative estimate of drug-likeness (QED) is 0.391. The largest absolute Gasteiger partial charge is 0.490 e. The van der Waals surface area contributed by atoms with Crippen LogP contribution in [0.25, 0.3) is 0 Å². The van der Waals surface area contributed by atoms with Gasteiger partial charge in [0.25, 0.3) is 5.91 Å². The van der Waals surface area contributed by atoms with Crippen molar-refractivity contribution in [1.82, 2.24) is 9.62 Å². The van der Waals surface area contributed by atoms with E-state index < -0.39 is 21.9 Å². The molecule has 7 rings (SSSR count). The van der Waals surface area contributed by atoms with Gasteiger partial charge in [-0.15, -0.1) is 4.36 Å². The number of hydrogen-bond donors (Lipinski definition) is 1. The highest BCUT2D eigenvalue weighted by Crippen LogP contribution is 2.47. The fourth-order valence-electron chi connectivity index (χ4n) is 8.07. The van der Waals surface area contributed by atoms with Crippen LogP contribution in [0.4, 0.5) is 10.5 Å². The summed E-state index contributed by atoms with van der Waals surface area (Å²) in [6, 6.07) is 11.1. The maximum absolute atomic E-state index is 14.2. The Bertz CT molecular complexity index is 1730. The van der Waals surface area contributed by atoms with E-state index in [9.17, 15) is 13.8 Å². The first-order chi connectivity index (χ1) is 23.2. The van der Waals surface area contributed by atoms with Gasteiger partial charge in [0.15, 0.2) is 0 Å². The number of benzene rings is 2. The van der Waals surface area contributed by atoms with E-state index in [4.69, 9.17) is 25.8 Å². The van der Waals surface area contributed by atoms with Crippen LogP contribution in [0.2, 0.25) is 5.02 Å². The molecule has 48 heavy (non-hydrogen) atoms. The monoisotopic (exact) mass is 698 g/mol. The topological polar surface area (TPSA) is 110 Å². The molecule has 1 unspecified atom stereocenters. The maximum atomic E-state index is 14.2. The molecule has 2 bridgehead atoms. The predicted molar refractivity (Wildman–Crippen MR) is 188 cm³/mol. The second-order valence-electron chi connectivity index (χ2n) is 14.0. The third-order valence-corrected chi connectivity index (χ3v) is 13.0. The summed E-state index contributed by atoms with van der Waals surface area (Å²) in [5.41, 5.74) is 3.45. The molecule has 2 aromatic carbocycles. The number of likely N-dealkylation sites (tertiary alicyclic amines) is 1. The molecule has 3 amide bonds. The number of urea groups is 1. The first-order valence-electron chi connectivity index (χ1n) is 17.1. The van der Waals surface area contributed by atoms with Crippen LogP contribution in [0.3, 0.4) is 0 Å². The smallest absolute Gasteiger partial charge is 0.330 e. The van der Waals surface area contributed by atoms with Gasteiger partial charge in [0, 0.05) is 44.7 Å². The third kappa shape index (κ3) is 6.58. The average molecular weight is 699 g/mol. The van der Waals surface area contributed by atoms with Crippen molar-refractivity contribution in [3.8, 4) is 5.75 Å². The van der Waals surface area contributed by atoms with Gasteiger partial charge in [-0.05, 0) is 98.2 Å². The molecule has 3 aliphatic heterocycles. The highest BCUT2D eigenvalue weighted by Gasteiger charge is 2.44. The molecule has 10 nitrogen and oxygen atoms in total. The number of carbonyl (C=O) groups is 2. The summed E-state index contributed by atoms with van der Waals surface area (Å²) in [7, 11) is -0.0554. The number of rotatable bonds is 3. The molecule has 12 heteroatoms. The summed E-state index contributed by atoms with van der Waals surface area (Å²) in [6.07, 6.45) is 10.4. The van der Waals surface area contributed by atoms with Crippen LogP contribution in [-0.4, -0.2) is 86.0 Å². The summed E-state index contributed by atoms with van der Waals surface area (Å²) >= 11 is 6.44. The van der Waals surface area contributed by atoms with Crippen LogP contribution in [0.5, 0.6) is 5.75 Å². The van der Waals surface area contributed by atoms with E-state index in [0.717, 1.165) is 55.9 Å². The van der Waals surface area contributed by atoms with Crippen molar-refractivity contribution in [2.45, 2.75) is 62.6 Å². The Hall–Kier alpha value is -3.12. The van der Waals surface area contributed by atoms with Crippen LogP contribution < -0.4 is 14.4 Å². The molecule has 0 aromatic heterocycles. The van der Waals surface area contributed by atoms with Gasteiger partial charge in [-0.2, -0.15) is 0 Å². The van der Waals surface area contributed by atoms with E-state index in [1.165, 1.54) is 16.0 Å². The molecule has 5 atom stereocenters. The maximum Gasteiger partial charge on any atom is 0.330 e. The highest BCUT2D eigenvalue weighted by atomic mass is 35.5. The zero-order chi connectivity index (χ0) is 33.5. The van der Waals surface area contributed by atoms with Crippen LogP contribution in [-0.2, 0) is 31.2 Å². The number of methoxy groups -OCH3 is 2. The lowest BCUT2D eigenvalue weighted by atomic mass is 9.68. The number of nitrogens with zero attached hydrogens (tertiary/aromatic N) is 3. The predicted octanol–water partition coefficient (Wildman–Crippen LogP) is 6.01. The first-order valence-corrected chi connectivity index (χ1v) is 19.1. The number of allylic oxidation sites excluding steroid dienone is 1. The summed E-state index contributed by atoms with van der Waals surface area (Å²) in [5.74, 6) is 0.898. The Balaban J connectivity index is 0.00000417. The minimum atomic E-state index is -3.42. The summed E-state index contributed by atoms with van der Waals surface area (Å²) in [6.45, 7) is 2.83. The van der Waals surface area contributed by atoms with Gasteiger partial charge < -0.3 is 24.0 Å². The molecule has 5 aliphatic rings. The standard InChI is InChI=1S/C36H45ClN4O6S.H2/c1-45-28-20-40(21-28)35(43)39-48(44)16-5-3-4-8-32(46-2)29-12-9-26(29)19-41-22-36(15-6-7-24-17-27(37)11-13-30(24)36)23-47-33-14-10-25(18-31(33)41)34(42)38-48;/h4,8,10-11,13-14,17-18,26,28-29,32H,3,5-7,9,12,15-16,19-23H2,1-2H3,(H,38,39,42,43,44);1H/b8-4+;/t26-,29+,32-,36-,48?;/m0./s1. The lowest BCUT2D eigenvalue weighted by Gasteiger charge is -2.46. The zero-order valence-corrected chi connectivity index (χ0v) is 29.3. The van der Waals surface area contributed by atoms with Crippen LogP contribution >= 0.6 is 11.6 Å². The zero-order valence-electron chi connectivity index (χ0n) is 27.7. The molecule has 1 saturated carbocycles. The van der Waals surface area contributed by atoms with Crippen molar-refractivity contribution in [2.24, 2.45) is 16.2 Å². The van der Waals surface area contributed by atoms with E-state index in [0.29, 0.717) is 55.7 Å². The van der Waals surface area contributed by atoms with Crippen molar-refractivity contribution >= 4 is 39.1 Å². The van der Waals surface area contributed by atoms with Gasteiger partial charge in [-0.1, -0.05) is 29.8 Å². The number of amides is 3. The number of nitrogens with one attached hydrogen (secondary N) is 1. The number of fused-ring (bicyclic) bond motifs is 4. The van der Waals surface area contributed by atoms with Crippen molar-refractivity contribution in [3.05, 3.63) is 70.3 Å². The molecular weight excluding hydrogens is 652 g/mol. The van der Waals surface area contributed by atoms with Gasteiger partial charge >= 0.3 is 6.03 Å². The van der Waals surface area contributed by atoms with E-state index >= 15 is 0 Å². The van der Waals surface area contributed by atoms with Crippen molar-refractivity contribution < 1.29 is 29.4 Å². The Morgan fingerprint density at radius 2 is 1.98 bits per heavy atom. The lowest BCUT2D eigenvalue weighted by molar-refractivity contribution is -0.00645. The van der Waals surface area contributed by atoms with Gasteiger partial charge in [-0.3, -0.25) is 9.52 Å². The molecule has 0 radical (unpaired) electrons. The number of ether oxygens (including phenoxy) is 3. The fraction of sp³-hybridized carbons (Fsp3) is 0.556. The average Bonchev–Trinajstić information content (AvgIpc) is 3.18. The van der Waals surface area contributed by atoms with Crippen LogP contribution in [0.1, 0.15) is 61.4 Å². The van der Waals surface area contributed by atoms with E-state index in [-0.39, 0.29) is 24.8 Å². The van der Waals surface area contributed by atoms with Crippen LogP contribution in [0.15, 0.2) is 52.9 Å². The molecule has 1 spiro atoms. The van der Waals surface area contributed by atoms with Gasteiger partial charge in [0.1, 0.15) is 15.7 Å². The third-order valence-electron chi connectivity index (χ3n) is 11.0. The normalized spacial score (nSPS) is 31.2. The summed E-state index contributed by atoms with van der Waals surface area (Å²) < 4.78 is 38.9. The molecule has 2 aliphatic carbocycles. The molecule has 2 fully saturated rings. The van der Waals surface area contributed by atoms with Crippen molar-refractivity contribution in [1.29, 1.82) is 0 Å². The summed E-state index contributed by atoms with van der Waals surface area (Å²) in [4.78, 5) is 30.7. The molecule has 2 aromatic rings. The first kappa shape index (κ1) is 33.4. The van der Waals surface area contributed by atoms with Gasteiger partial charge in [-0.25, -0.2) is 9.00 Å². The molecule has 1 saturated heterocycles. The van der Waals surface area contributed by atoms with E-state index in [1.54, 1.807) is 20.3 Å². The Labute approximate surface area is 289 Å². The number of hydrogen-bond acceptors (Lipinski definition) is 7. The minimum Gasteiger partial charge on any atom is -0.490 e. The van der Waals surface area contributed by atoms with Crippen LogP contribution in [0, 0.1) is 11.8 Å². The Morgan fingerprint density at radius 1 is 1.12 bits per heavy atom. The lowest BCUT2D eigenvalue weighted by Crippen LogP contribution is -2.58. The molecule has 260 valence electrons. The molecule has 1 N–H and O–H groups in total. The van der Waals surface area contributed by atoms with Gasteiger partial charge in [0.05, 0.1) is 43.3 Å². The molecule has 3 heterocycles. The van der Waals surface area contributed by atoms with E-state index in [1.807, 2.05) is 18.2 Å². The highest BCUT2D eigenvalue weighted by molar-refractivity contribution is 7.92. The van der Waals surface area contributed by atoms with Crippen molar-refractivity contribution in [3.63, 3.8) is 0 Å². The summed E-state index contributed by atoms with van der Waals surface area (Å²) in [5, 5.41) is 0.744.